The summed E-state index contributed by atoms with van der Waals surface area (Å²) in [7, 11) is 2.74. The van der Waals surface area contributed by atoms with E-state index in [2.05, 4.69) is 4.98 Å². The van der Waals surface area contributed by atoms with Crippen LogP contribution in [0.5, 0.6) is 5.88 Å². The van der Waals surface area contributed by atoms with Gasteiger partial charge < -0.3 is 14.5 Å². The number of aromatic nitrogens is 1. The van der Waals surface area contributed by atoms with Crippen molar-refractivity contribution in [1.82, 2.24) is 4.98 Å². The molecule has 0 unspecified atom stereocenters. The number of pyridine rings is 1. The number of hydrogen-bond acceptors (Lipinski definition) is 4. The Balaban J connectivity index is 2.61. The number of aromatic amines is 1. The zero-order chi connectivity index (χ0) is 19.1. The number of esters is 1. The topological polar surface area (TPSA) is 68.4 Å². The average molecular weight is 353 g/mol. The van der Waals surface area contributed by atoms with Crippen LogP contribution in [0.4, 0.5) is 0 Å². The Bertz CT molecular complexity index is 888. The molecule has 1 aromatic carbocycles. The van der Waals surface area contributed by atoms with E-state index in [4.69, 9.17) is 9.47 Å². The molecule has 0 atom stereocenters. The summed E-state index contributed by atoms with van der Waals surface area (Å²) in [5.41, 5.74) is 2.33. The molecule has 0 aliphatic carbocycles. The molecule has 1 aromatic heterocycles. The number of allylic oxidation sites excluding steroid dienone is 2. The molecule has 0 radical (unpaired) electrons. The zero-order valence-electron chi connectivity index (χ0n) is 15.5. The fraction of sp³-hybridized carbons (Fsp3) is 0.238. The van der Waals surface area contributed by atoms with Crippen LogP contribution in [0.2, 0.25) is 0 Å². The molecule has 1 heterocycles. The zero-order valence-corrected chi connectivity index (χ0v) is 15.5. The van der Waals surface area contributed by atoms with Crippen molar-refractivity contribution in [2.75, 3.05) is 14.2 Å². The minimum atomic E-state index is -0.680. The van der Waals surface area contributed by atoms with Gasteiger partial charge in [-0.05, 0) is 31.9 Å². The number of ether oxygens (including phenoxy) is 2. The Labute approximate surface area is 153 Å². The van der Waals surface area contributed by atoms with E-state index in [1.165, 1.54) is 14.2 Å². The van der Waals surface area contributed by atoms with E-state index in [0.717, 1.165) is 11.1 Å². The molecule has 26 heavy (non-hydrogen) atoms. The van der Waals surface area contributed by atoms with Gasteiger partial charge in [-0.15, -0.1) is 0 Å². The van der Waals surface area contributed by atoms with Crippen LogP contribution in [0.3, 0.4) is 0 Å². The maximum Gasteiger partial charge on any atom is 0.344 e. The first-order valence-corrected chi connectivity index (χ1v) is 8.25. The van der Waals surface area contributed by atoms with Gasteiger partial charge in [-0.2, -0.15) is 0 Å². The molecule has 0 amide bonds. The van der Waals surface area contributed by atoms with Gasteiger partial charge in [-0.3, -0.25) is 4.79 Å². The first-order chi connectivity index (χ1) is 12.5. The highest BCUT2D eigenvalue weighted by Gasteiger charge is 2.21. The van der Waals surface area contributed by atoms with Gasteiger partial charge in [0.05, 0.1) is 25.5 Å². The molecule has 0 saturated heterocycles. The molecule has 0 spiro atoms. The summed E-state index contributed by atoms with van der Waals surface area (Å²) in [4.78, 5) is 28.2. The third kappa shape index (κ3) is 4.51. The molecule has 0 aliphatic rings. The quantitative estimate of drug-likeness (QED) is 0.633. The SMILES string of the molecule is COC(=O)c1c(/C=C/c2ccccc2)[nH]c(OC)c(CC=C(C)C)c1=O. The molecular formula is C21H23NO4. The molecule has 0 bridgehead atoms. The Morgan fingerprint density at radius 2 is 1.81 bits per heavy atom. The highest BCUT2D eigenvalue weighted by molar-refractivity contribution is 5.94. The molecule has 0 saturated carbocycles. The standard InChI is InChI=1S/C21H23NO4/c1-14(2)10-12-16-19(23)18(21(24)26-4)17(22-20(16)25-3)13-11-15-8-6-5-7-9-15/h5-11,13H,12H2,1-4H3,(H,22,23)/b13-11+. The van der Waals surface area contributed by atoms with Crippen LogP contribution >= 0.6 is 0 Å². The van der Waals surface area contributed by atoms with Crippen molar-refractivity contribution in [3.8, 4) is 5.88 Å². The average Bonchev–Trinajstić information content (AvgIpc) is 2.65. The number of carbonyl (C=O) groups is 1. The lowest BCUT2D eigenvalue weighted by atomic mass is 10.0. The number of H-pyrrole nitrogens is 1. The van der Waals surface area contributed by atoms with Crippen LogP contribution in [-0.2, 0) is 11.2 Å². The summed E-state index contributed by atoms with van der Waals surface area (Å²) in [5, 5.41) is 0. The summed E-state index contributed by atoms with van der Waals surface area (Å²) >= 11 is 0. The molecule has 5 heteroatoms. The Morgan fingerprint density at radius 3 is 2.38 bits per heavy atom. The summed E-state index contributed by atoms with van der Waals surface area (Å²) < 4.78 is 10.2. The van der Waals surface area contributed by atoms with E-state index in [1.54, 1.807) is 6.08 Å². The second kappa shape index (κ2) is 8.85. The minimum absolute atomic E-state index is 0.0300. The van der Waals surface area contributed by atoms with Gasteiger partial charge in [0.15, 0.2) is 5.88 Å². The number of carbonyl (C=O) groups excluding carboxylic acids is 1. The predicted molar refractivity (Wildman–Crippen MR) is 103 cm³/mol. The molecular weight excluding hydrogens is 330 g/mol. The lowest BCUT2D eigenvalue weighted by molar-refractivity contribution is 0.0598. The van der Waals surface area contributed by atoms with Crippen LogP contribution in [-0.4, -0.2) is 25.2 Å². The van der Waals surface area contributed by atoms with Gasteiger partial charge in [0, 0.05) is 0 Å². The number of hydrogen-bond donors (Lipinski definition) is 1. The summed E-state index contributed by atoms with van der Waals surface area (Å²) in [6.45, 7) is 3.89. The normalized spacial score (nSPS) is 10.6. The number of benzene rings is 1. The Morgan fingerprint density at radius 1 is 1.12 bits per heavy atom. The first kappa shape index (κ1) is 19.2. The summed E-state index contributed by atoms with van der Waals surface area (Å²) in [6.07, 6.45) is 5.77. The summed E-state index contributed by atoms with van der Waals surface area (Å²) in [6, 6.07) is 9.58. The molecule has 5 nitrogen and oxygen atoms in total. The monoisotopic (exact) mass is 353 g/mol. The maximum atomic E-state index is 12.9. The smallest absolute Gasteiger partial charge is 0.344 e. The molecule has 136 valence electrons. The number of methoxy groups -OCH3 is 2. The van der Waals surface area contributed by atoms with Crippen molar-refractivity contribution in [3.63, 3.8) is 0 Å². The van der Waals surface area contributed by atoms with Gasteiger partial charge in [0.2, 0.25) is 5.43 Å². The maximum absolute atomic E-state index is 12.9. The lowest BCUT2D eigenvalue weighted by Gasteiger charge is -2.12. The van der Waals surface area contributed by atoms with Gasteiger partial charge in [0.25, 0.3) is 0 Å². The van der Waals surface area contributed by atoms with Crippen molar-refractivity contribution in [3.05, 3.63) is 74.6 Å². The molecule has 1 N–H and O–H groups in total. The lowest BCUT2D eigenvalue weighted by Crippen LogP contribution is -2.23. The Hall–Kier alpha value is -3.08. The predicted octanol–water partition coefficient (Wildman–Crippen LogP) is 3.85. The van der Waals surface area contributed by atoms with Crippen LogP contribution in [0, 0.1) is 0 Å². The first-order valence-electron chi connectivity index (χ1n) is 8.25. The fourth-order valence-electron chi connectivity index (χ4n) is 2.48. The van der Waals surface area contributed by atoms with Crippen LogP contribution in [0.1, 0.15) is 41.0 Å². The van der Waals surface area contributed by atoms with Crippen molar-refractivity contribution in [1.29, 1.82) is 0 Å². The molecule has 0 fully saturated rings. The van der Waals surface area contributed by atoms with Gasteiger partial charge in [-0.25, -0.2) is 4.79 Å². The van der Waals surface area contributed by atoms with Crippen molar-refractivity contribution >= 4 is 18.1 Å². The van der Waals surface area contributed by atoms with E-state index in [9.17, 15) is 9.59 Å². The Kier molecular flexibility index (Phi) is 6.55. The van der Waals surface area contributed by atoms with Gasteiger partial charge in [-0.1, -0.05) is 48.1 Å². The van der Waals surface area contributed by atoms with Gasteiger partial charge in [0.1, 0.15) is 5.56 Å². The molecule has 2 rings (SSSR count). The van der Waals surface area contributed by atoms with Crippen LogP contribution < -0.4 is 10.2 Å². The third-order valence-electron chi connectivity index (χ3n) is 3.84. The number of rotatable bonds is 6. The molecule has 2 aromatic rings. The van der Waals surface area contributed by atoms with Crippen molar-refractivity contribution in [2.45, 2.75) is 20.3 Å². The highest BCUT2D eigenvalue weighted by Crippen LogP contribution is 2.19. The molecule has 0 aliphatic heterocycles. The van der Waals surface area contributed by atoms with E-state index < -0.39 is 11.4 Å². The second-order valence-electron chi connectivity index (χ2n) is 5.98. The fourth-order valence-corrected chi connectivity index (χ4v) is 2.48. The summed E-state index contributed by atoms with van der Waals surface area (Å²) in [5.74, 6) is -0.340. The van der Waals surface area contributed by atoms with Crippen LogP contribution in [0.25, 0.3) is 12.2 Å². The van der Waals surface area contributed by atoms with E-state index in [0.29, 0.717) is 23.6 Å². The largest absolute Gasteiger partial charge is 0.482 e. The second-order valence-corrected chi connectivity index (χ2v) is 5.98. The van der Waals surface area contributed by atoms with E-state index >= 15 is 0 Å². The van der Waals surface area contributed by atoms with Crippen LogP contribution in [0.15, 0.2) is 46.8 Å². The van der Waals surface area contributed by atoms with Crippen molar-refractivity contribution in [2.24, 2.45) is 0 Å². The number of nitrogens with one attached hydrogen (secondary N) is 1. The van der Waals surface area contributed by atoms with Crippen molar-refractivity contribution < 1.29 is 14.3 Å². The minimum Gasteiger partial charge on any atom is -0.482 e. The van der Waals surface area contributed by atoms with Gasteiger partial charge >= 0.3 is 5.97 Å². The third-order valence-corrected chi connectivity index (χ3v) is 3.84. The highest BCUT2D eigenvalue weighted by atomic mass is 16.5. The van der Waals surface area contributed by atoms with E-state index in [-0.39, 0.29) is 5.56 Å². The van der Waals surface area contributed by atoms with E-state index in [1.807, 2.05) is 56.3 Å².